The molecule has 0 aliphatic carbocycles. The summed E-state index contributed by atoms with van der Waals surface area (Å²) in [5.74, 6) is -1.44. The van der Waals surface area contributed by atoms with Crippen LogP contribution in [-0.2, 0) is 0 Å². The van der Waals surface area contributed by atoms with Crippen LogP contribution in [0, 0.1) is 15.9 Å². The Morgan fingerprint density at radius 3 is 2.30 bits per heavy atom. The number of nitro benzene ring substituents is 1. The summed E-state index contributed by atoms with van der Waals surface area (Å²) in [4.78, 5) is 22.4. The van der Waals surface area contributed by atoms with E-state index in [9.17, 15) is 28.1 Å². The third kappa shape index (κ3) is 4.06. The molecule has 120 valence electrons. The van der Waals surface area contributed by atoms with Crippen molar-refractivity contribution in [2.75, 3.05) is 6.61 Å². The molecule has 2 aromatic rings. The van der Waals surface area contributed by atoms with Gasteiger partial charge in [0.05, 0.1) is 4.92 Å². The Balaban J connectivity index is 2.33. The number of carbonyl (C=O) groups excluding carboxylic acids is 1. The van der Waals surface area contributed by atoms with Crippen LogP contribution in [0.15, 0.2) is 42.5 Å². The minimum absolute atomic E-state index is 0.0345. The molecule has 0 atom stereocenters. The highest BCUT2D eigenvalue weighted by molar-refractivity contribution is 6.09. The van der Waals surface area contributed by atoms with Crippen molar-refractivity contribution in [1.82, 2.24) is 0 Å². The molecule has 5 nitrogen and oxygen atoms in total. The number of ether oxygens (including phenoxy) is 1. The Morgan fingerprint density at radius 2 is 1.74 bits per heavy atom. The van der Waals surface area contributed by atoms with Gasteiger partial charge in [-0.1, -0.05) is 0 Å². The van der Waals surface area contributed by atoms with Crippen molar-refractivity contribution >= 4 is 11.5 Å². The molecule has 23 heavy (non-hydrogen) atoms. The largest absolute Gasteiger partial charge is 0.481 e. The average Bonchev–Trinajstić information content (AvgIpc) is 2.52. The van der Waals surface area contributed by atoms with Crippen LogP contribution in [-0.4, -0.2) is 23.7 Å². The van der Waals surface area contributed by atoms with E-state index >= 15 is 0 Å². The van der Waals surface area contributed by atoms with E-state index in [0.29, 0.717) is 0 Å². The van der Waals surface area contributed by atoms with Crippen molar-refractivity contribution in [3.05, 3.63) is 69.5 Å². The van der Waals surface area contributed by atoms with Crippen molar-refractivity contribution in [1.29, 1.82) is 0 Å². The first-order valence-corrected chi connectivity index (χ1v) is 6.38. The van der Waals surface area contributed by atoms with E-state index in [1.54, 1.807) is 0 Å². The van der Waals surface area contributed by atoms with Crippen LogP contribution < -0.4 is 4.74 Å². The fourth-order valence-electron chi connectivity index (χ4n) is 1.84. The Hall–Kier alpha value is -2.90. The minimum Gasteiger partial charge on any atom is -0.481 e. The quantitative estimate of drug-likeness (QED) is 0.462. The van der Waals surface area contributed by atoms with Gasteiger partial charge in [0.25, 0.3) is 6.43 Å². The molecule has 0 saturated heterocycles. The molecule has 0 aromatic heterocycles. The molecule has 0 saturated carbocycles. The minimum atomic E-state index is -2.78. The lowest BCUT2D eigenvalue weighted by Gasteiger charge is -2.07. The lowest BCUT2D eigenvalue weighted by molar-refractivity contribution is -0.386. The molecule has 0 heterocycles. The molecule has 2 aromatic carbocycles. The lowest BCUT2D eigenvalue weighted by Crippen LogP contribution is -2.09. The molecule has 0 bridgehead atoms. The number of ketones is 1. The molecule has 0 N–H and O–H groups in total. The smallest absolute Gasteiger partial charge is 0.311 e. The number of halogens is 3. The molecule has 0 amide bonds. The van der Waals surface area contributed by atoms with Crippen LogP contribution in [0.2, 0.25) is 0 Å². The van der Waals surface area contributed by atoms with Crippen LogP contribution in [0.3, 0.4) is 0 Å². The summed E-state index contributed by atoms with van der Waals surface area (Å²) in [5, 5.41) is 11.0. The molecular formula is C15H10F3NO4. The second-order valence-corrected chi connectivity index (χ2v) is 4.48. The van der Waals surface area contributed by atoms with Gasteiger partial charge in [-0.15, -0.1) is 0 Å². The first kappa shape index (κ1) is 16.5. The van der Waals surface area contributed by atoms with Gasteiger partial charge in [-0.3, -0.25) is 14.9 Å². The van der Waals surface area contributed by atoms with Gasteiger partial charge >= 0.3 is 5.69 Å². The van der Waals surface area contributed by atoms with Gasteiger partial charge < -0.3 is 4.74 Å². The fraction of sp³-hybridized carbons (Fsp3) is 0.133. The Bertz CT molecular complexity index is 732. The molecular weight excluding hydrogens is 315 g/mol. The number of carbonyl (C=O) groups is 1. The van der Waals surface area contributed by atoms with E-state index < -0.39 is 35.2 Å². The monoisotopic (exact) mass is 325 g/mol. The molecule has 8 heteroatoms. The first-order valence-electron chi connectivity index (χ1n) is 6.38. The number of nitro groups is 1. The summed E-state index contributed by atoms with van der Waals surface area (Å²) in [6, 6.07) is 7.89. The van der Waals surface area contributed by atoms with Crippen molar-refractivity contribution in [3.8, 4) is 5.75 Å². The van der Waals surface area contributed by atoms with Crippen molar-refractivity contribution in [3.63, 3.8) is 0 Å². The predicted octanol–water partition coefficient (Wildman–Crippen LogP) is 3.61. The normalized spacial score (nSPS) is 10.6. The van der Waals surface area contributed by atoms with Crippen LogP contribution >= 0.6 is 0 Å². The summed E-state index contributed by atoms with van der Waals surface area (Å²) in [7, 11) is 0. The summed E-state index contributed by atoms with van der Waals surface area (Å²) >= 11 is 0. The predicted molar refractivity (Wildman–Crippen MR) is 74.4 cm³/mol. The lowest BCUT2D eigenvalue weighted by atomic mass is 10.0. The van der Waals surface area contributed by atoms with E-state index in [0.717, 1.165) is 24.3 Å². The highest BCUT2D eigenvalue weighted by atomic mass is 19.3. The summed E-state index contributed by atoms with van der Waals surface area (Å²) in [6.07, 6.45) is -2.78. The topological polar surface area (TPSA) is 69.4 Å². The Kier molecular flexibility index (Phi) is 4.95. The maximum atomic E-state index is 12.8. The summed E-state index contributed by atoms with van der Waals surface area (Å²) in [5.41, 5.74) is -0.492. The number of hydrogen-bond acceptors (Lipinski definition) is 4. The number of nitrogens with zero attached hydrogens (tertiary/aromatic N) is 1. The van der Waals surface area contributed by atoms with Gasteiger partial charge in [0.15, 0.2) is 11.5 Å². The van der Waals surface area contributed by atoms with Gasteiger partial charge in [-0.05, 0) is 36.4 Å². The Labute approximate surface area is 128 Å². The number of benzene rings is 2. The van der Waals surface area contributed by atoms with Gasteiger partial charge in [-0.2, -0.15) is 0 Å². The zero-order chi connectivity index (χ0) is 17.0. The van der Waals surface area contributed by atoms with E-state index in [1.807, 2.05) is 0 Å². The molecule has 0 aliphatic rings. The molecule has 0 fully saturated rings. The maximum absolute atomic E-state index is 12.8. The van der Waals surface area contributed by atoms with Crippen molar-refractivity contribution in [2.24, 2.45) is 0 Å². The van der Waals surface area contributed by atoms with E-state index in [2.05, 4.69) is 4.74 Å². The molecule has 2 rings (SSSR count). The highest BCUT2D eigenvalue weighted by Crippen LogP contribution is 2.29. The fourth-order valence-corrected chi connectivity index (χ4v) is 1.84. The van der Waals surface area contributed by atoms with E-state index in [4.69, 9.17) is 0 Å². The molecule has 0 unspecified atom stereocenters. The van der Waals surface area contributed by atoms with E-state index in [-0.39, 0.29) is 16.9 Å². The number of alkyl halides is 2. The van der Waals surface area contributed by atoms with Crippen LogP contribution in [0.25, 0.3) is 0 Å². The van der Waals surface area contributed by atoms with Gasteiger partial charge in [0.1, 0.15) is 12.4 Å². The third-order valence-corrected chi connectivity index (χ3v) is 2.89. The molecule has 0 spiro atoms. The standard InChI is InChI=1S/C15H10F3NO4/c16-11-4-1-9(2-5-11)15(20)10-3-6-13(23-8-14(17)18)12(7-10)19(21)22/h1-7,14H,8H2. The molecule has 0 aliphatic heterocycles. The second kappa shape index (κ2) is 6.91. The zero-order valence-corrected chi connectivity index (χ0v) is 11.5. The Morgan fingerprint density at radius 1 is 1.13 bits per heavy atom. The average molecular weight is 325 g/mol. The van der Waals surface area contributed by atoms with Gasteiger partial charge in [0, 0.05) is 17.2 Å². The number of hydrogen-bond donors (Lipinski definition) is 0. The summed E-state index contributed by atoms with van der Waals surface area (Å²) < 4.78 is 41.8. The van der Waals surface area contributed by atoms with Crippen LogP contribution in [0.4, 0.5) is 18.9 Å². The van der Waals surface area contributed by atoms with Crippen molar-refractivity contribution in [2.45, 2.75) is 6.43 Å². The van der Waals surface area contributed by atoms with Gasteiger partial charge in [0.2, 0.25) is 0 Å². The zero-order valence-electron chi connectivity index (χ0n) is 11.5. The summed E-state index contributed by atoms with van der Waals surface area (Å²) in [6.45, 7) is -0.994. The van der Waals surface area contributed by atoms with E-state index in [1.165, 1.54) is 18.2 Å². The second-order valence-electron chi connectivity index (χ2n) is 4.48. The van der Waals surface area contributed by atoms with Crippen LogP contribution in [0.1, 0.15) is 15.9 Å². The highest BCUT2D eigenvalue weighted by Gasteiger charge is 2.20. The third-order valence-electron chi connectivity index (χ3n) is 2.89. The van der Waals surface area contributed by atoms with Crippen molar-refractivity contribution < 1.29 is 27.6 Å². The molecule has 0 radical (unpaired) electrons. The van der Waals surface area contributed by atoms with Gasteiger partial charge in [-0.25, -0.2) is 13.2 Å². The van der Waals surface area contributed by atoms with Crippen LogP contribution in [0.5, 0.6) is 5.75 Å². The first-order chi connectivity index (χ1) is 10.9. The maximum Gasteiger partial charge on any atom is 0.311 e. The SMILES string of the molecule is O=C(c1ccc(F)cc1)c1ccc(OCC(F)F)c([N+](=O)[O-])c1. The number of rotatable bonds is 6.